The zero-order chi connectivity index (χ0) is 14.7. The summed E-state index contributed by atoms with van der Waals surface area (Å²) >= 11 is 1.68. The van der Waals surface area contributed by atoms with Crippen LogP contribution in [0, 0.1) is 0 Å². The van der Waals surface area contributed by atoms with Crippen molar-refractivity contribution in [2.24, 2.45) is 0 Å². The number of nitrogens with zero attached hydrogens (tertiary/aromatic N) is 2. The SMILES string of the molecule is CC1(C)SC(C)(C)N2C(=O)N(c3ccccc3)C(=O)C21. The number of hydrogen-bond donors (Lipinski definition) is 0. The fourth-order valence-electron chi connectivity index (χ4n) is 3.26. The molecule has 1 unspecified atom stereocenters. The molecule has 1 aromatic carbocycles. The molecule has 5 heteroatoms. The van der Waals surface area contributed by atoms with Crippen LogP contribution in [0.3, 0.4) is 0 Å². The van der Waals surface area contributed by atoms with Crippen molar-refractivity contribution in [3.05, 3.63) is 30.3 Å². The minimum absolute atomic E-state index is 0.121. The van der Waals surface area contributed by atoms with Gasteiger partial charge in [0.05, 0.1) is 10.6 Å². The highest BCUT2D eigenvalue weighted by Gasteiger charge is 2.63. The maximum atomic E-state index is 12.8. The summed E-state index contributed by atoms with van der Waals surface area (Å²) in [5.74, 6) is -0.121. The molecule has 20 heavy (non-hydrogen) atoms. The number of hydrogen-bond acceptors (Lipinski definition) is 3. The topological polar surface area (TPSA) is 40.6 Å². The standard InChI is InChI=1S/C15H18N2O2S/c1-14(2)11-12(18)16(10-8-6-5-7-9-10)13(19)17(11)15(3,4)20-14/h5-9,11H,1-4H3. The largest absolute Gasteiger partial charge is 0.333 e. The van der Waals surface area contributed by atoms with Crippen molar-refractivity contribution in [2.45, 2.75) is 43.4 Å². The third kappa shape index (κ3) is 1.69. The lowest BCUT2D eigenvalue weighted by Gasteiger charge is -2.29. The van der Waals surface area contributed by atoms with Gasteiger partial charge >= 0.3 is 6.03 Å². The summed E-state index contributed by atoms with van der Waals surface area (Å²) in [6.07, 6.45) is 0. The smallest absolute Gasteiger partial charge is 0.296 e. The van der Waals surface area contributed by atoms with Gasteiger partial charge in [0.25, 0.3) is 5.91 Å². The molecule has 2 fully saturated rings. The van der Waals surface area contributed by atoms with Gasteiger partial charge in [0, 0.05) is 4.75 Å². The third-order valence-corrected chi connectivity index (χ3v) is 5.32. The van der Waals surface area contributed by atoms with Crippen LogP contribution < -0.4 is 4.90 Å². The molecule has 2 aliphatic heterocycles. The maximum absolute atomic E-state index is 12.8. The molecule has 1 aromatic rings. The normalized spacial score (nSPS) is 27.1. The van der Waals surface area contributed by atoms with E-state index in [4.69, 9.17) is 0 Å². The molecular weight excluding hydrogens is 272 g/mol. The van der Waals surface area contributed by atoms with Crippen molar-refractivity contribution in [3.63, 3.8) is 0 Å². The minimum atomic E-state index is -0.393. The van der Waals surface area contributed by atoms with E-state index in [-0.39, 0.29) is 21.6 Å². The first-order valence-electron chi connectivity index (χ1n) is 6.68. The summed E-state index contributed by atoms with van der Waals surface area (Å²) in [6.45, 7) is 8.06. The Morgan fingerprint density at radius 3 is 2.20 bits per heavy atom. The molecule has 1 atom stereocenters. The fraction of sp³-hybridized carbons (Fsp3) is 0.467. The fourth-order valence-corrected chi connectivity index (χ4v) is 5.15. The van der Waals surface area contributed by atoms with Crippen molar-refractivity contribution in [2.75, 3.05) is 4.90 Å². The second-order valence-corrected chi connectivity index (χ2v) is 8.47. The minimum Gasteiger partial charge on any atom is -0.296 e. The number of rotatable bonds is 1. The molecular formula is C15H18N2O2S. The Morgan fingerprint density at radius 1 is 1.05 bits per heavy atom. The molecule has 4 nitrogen and oxygen atoms in total. The van der Waals surface area contributed by atoms with E-state index in [1.807, 2.05) is 45.9 Å². The quantitative estimate of drug-likeness (QED) is 0.746. The van der Waals surface area contributed by atoms with Crippen molar-refractivity contribution >= 4 is 29.4 Å². The average molecular weight is 290 g/mol. The first-order valence-corrected chi connectivity index (χ1v) is 7.50. The van der Waals surface area contributed by atoms with E-state index in [1.165, 1.54) is 4.90 Å². The first kappa shape index (κ1) is 13.5. The van der Waals surface area contributed by atoms with E-state index in [0.717, 1.165) is 0 Å². The Morgan fingerprint density at radius 2 is 1.65 bits per heavy atom. The summed E-state index contributed by atoms with van der Waals surface area (Å²) < 4.78 is -0.278. The van der Waals surface area contributed by atoms with Crippen LogP contribution in [0.2, 0.25) is 0 Å². The molecule has 106 valence electrons. The van der Waals surface area contributed by atoms with Gasteiger partial charge in [-0.1, -0.05) is 18.2 Å². The van der Waals surface area contributed by atoms with Gasteiger partial charge in [-0.2, -0.15) is 0 Å². The van der Waals surface area contributed by atoms with Crippen molar-refractivity contribution in [1.29, 1.82) is 0 Å². The Balaban J connectivity index is 2.08. The molecule has 0 N–H and O–H groups in total. The first-order chi connectivity index (χ1) is 9.26. The number of benzene rings is 1. The number of amides is 3. The Labute approximate surface area is 123 Å². The average Bonchev–Trinajstić information content (AvgIpc) is 2.72. The number of fused-ring (bicyclic) bond motifs is 1. The lowest BCUT2D eigenvalue weighted by Crippen LogP contribution is -2.45. The van der Waals surface area contributed by atoms with E-state index in [1.54, 1.807) is 28.8 Å². The summed E-state index contributed by atoms with van der Waals surface area (Å²) in [6, 6.07) is 8.54. The molecule has 2 heterocycles. The van der Waals surface area contributed by atoms with Crippen LogP contribution in [0.1, 0.15) is 27.7 Å². The van der Waals surface area contributed by atoms with Crippen molar-refractivity contribution < 1.29 is 9.59 Å². The predicted molar refractivity (Wildman–Crippen MR) is 80.7 cm³/mol. The molecule has 0 bridgehead atoms. The van der Waals surface area contributed by atoms with Gasteiger partial charge in [0.1, 0.15) is 6.04 Å². The van der Waals surface area contributed by atoms with Gasteiger partial charge < -0.3 is 0 Å². The zero-order valence-electron chi connectivity index (χ0n) is 12.1. The summed E-state index contributed by atoms with van der Waals surface area (Å²) in [4.78, 5) is 28.1. The van der Waals surface area contributed by atoms with Crippen molar-refractivity contribution in [3.8, 4) is 0 Å². The molecule has 3 rings (SSSR count). The van der Waals surface area contributed by atoms with Gasteiger partial charge in [-0.15, -0.1) is 11.8 Å². The highest BCUT2D eigenvalue weighted by atomic mass is 32.2. The molecule has 0 radical (unpaired) electrons. The second kappa shape index (κ2) is 4.01. The Hall–Kier alpha value is -1.49. The summed E-state index contributed by atoms with van der Waals surface area (Å²) in [5.41, 5.74) is 0.647. The van der Waals surface area contributed by atoms with Gasteiger partial charge in [0.15, 0.2) is 0 Å². The number of carbonyl (C=O) groups excluding carboxylic acids is 2. The van der Waals surface area contributed by atoms with Gasteiger partial charge in [0.2, 0.25) is 0 Å². The third-order valence-electron chi connectivity index (χ3n) is 3.88. The molecule has 2 aliphatic rings. The lowest BCUT2D eigenvalue weighted by atomic mass is 10.0. The summed E-state index contributed by atoms with van der Waals surface area (Å²) in [7, 11) is 0. The molecule has 0 aliphatic carbocycles. The van der Waals surface area contributed by atoms with Gasteiger partial charge in [-0.3, -0.25) is 9.69 Å². The van der Waals surface area contributed by atoms with Crippen LogP contribution in [0.15, 0.2) is 30.3 Å². The van der Waals surface area contributed by atoms with E-state index in [9.17, 15) is 9.59 Å². The van der Waals surface area contributed by atoms with Crippen LogP contribution in [-0.4, -0.2) is 32.5 Å². The number of carbonyl (C=O) groups is 2. The highest BCUT2D eigenvalue weighted by Crippen LogP contribution is 2.54. The molecule has 0 aromatic heterocycles. The van der Waals surface area contributed by atoms with E-state index >= 15 is 0 Å². The second-order valence-electron chi connectivity index (χ2n) is 6.22. The number of para-hydroxylation sites is 1. The zero-order valence-corrected chi connectivity index (χ0v) is 12.9. The number of thioether (sulfide) groups is 1. The summed E-state index contributed by atoms with van der Waals surface area (Å²) in [5, 5.41) is 0. The van der Waals surface area contributed by atoms with Gasteiger partial charge in [-0.25, -0.2) is 9.69 Å². The molecule has 0 spiro atoms. The van der Waals surface area contributed by atoms with Gasteiger partial charge in [-0.05, 0) is 39.8 Å². The molecule has 3 amide bonds. The predicted octanol–water partition coefficient (Wildman–Crippen LogP) is 3.09. The lowest BCUT2D eigenvalue weighted by molar-refractivity contribution is -0.120. The van der Waals surface area contributed by atoms with Crippen LogP contribution in [0.25, 0.3) is 0 Å². The van der Waals surface area contributed by atoms with Crippen LogP contribution in [0.5, 0.6) is 0 Å². The van der Waals surface area contributed by atoms with Crippen LogP contribution >= 0.6 is 11.8 Å². The number of imide groups is 1. The van der Waals surface area contributed by atoms with Crippen LogP contribution in [0.4, 0.5) is 10.5 Å². The monoisotopic (exact) mass is 290 g/mol. The van der Waals surface area contributed by atoms with E-state index in [2.05, 4.69) is 0 Å². The Bertz CT molecular complexity index is 551. The molecule has 0 saturated carbocycles. The van der Waals surface area contributed by atoms with E-state index in [0.29, 0.717) is 5.69 Å². The van der Waals surface area contributed by atoms with Crippen molar-refractivity contribution in [1.82, 2.24) is 4.90 Å². The highest BCUT2D eigenvalue weighted by molar-refractivity contribution is 8.02. The number of anilines is 1. The Kier molecular flexibility index (Phi) is 2.70. The maximum Gasteiger partial charge on any atom is 0.333 e. The van der Waals surface area contributed by atoms with Crippen LogP contribution in [-0.2, 0) is 4.79 Å². The number of urea groups is 1. The van der Waals surface area contributed by atoms with E-state index < -0.39 is 6.04 Å². The molecule has 2 saturated heterocycles.